The van der Waals surface area contributed by atoms with E-state index in [2.05, 4.69) is 10.3 Å². The first-order valence-electron chi connectivity index (χ1n) is 8.90. The van der Waals surface area contributed by atoms with Crippen molar-refractivity contribution in [3.05, 3.63) is 83.9 Å². The predicted molar refractivity (Wildman–Crippen MR) is 105 cm³/mol. The Morgan fingerprint density at radius 3 is 2.59 bits per heavy atom. The quantitative estimate of drug-likeness (QED) is 0.638. The molecule has 0 fully saturated rings. The Hall–Kier alpha value is -3.74. The van der Waals surface area contributed by atoms with Gasteiger partial charge in [0.2, 0.25) is 0 Å². The zero-order valence-corrected chi connectivity index (χ0v) is 15.6. The molecule has 3 rings (SSSR count). The maximum atomic E-state index is 14.2. The summed E-state index contributed by atoms with van der Waals surface area (Å²) in [5, 5.41) is 11.8. The molecule has 1 unspecified atom stereocenters. The van der Waals surface area contributed by atoms with Gasteiger partial charge in [-0.1, -0.05) is 18.2 Å². The van der Waals surface area contributed by atoms with Gasteiger partial charge in [0.25, 0.3) is 5.91 Å². The summed E-state index contributed by atoms with van der Waals surface area (Å²) in [6.07, 6.45) is 2.17. The Bertz CT molecular complexity index is 1020. The lowest BCUT2D eigenvalue weighted by Gasteiger charge is -2.15. The molecule has 2 N–H and O–H groups in total. The van der Waals surface area contributed by atoms with Crippen molar-refractivity contribution in [3.8, 4) is 16.9 Å². The number of carbonyl (C=O) groups is 2. The molecule has 148 valence electrons. The van der Waals surface area contributed by atoms with E-state index in [0.717, 1.165) is 11.6 Å². The van der Waals surface area contributed by atoms with Crippen molar-refractivity contribution in [1.82, 2.24) is 10.3 Å². The van der Waals surface area contributed by atoms with Gasteiger partial charge in [-0.3, -0.25) is 9.78 Å². The Morgan fingerprint density at radius 1 is 1.14 bits per heavy atom. The fourth-order valence-electron chi connectivity index (χ4n) is 2.71. The van der Waals surface area contributed by atoms with Gasteiger partial charge in [-0.05, 0) is 54.4 Å². The van der Waals surface area contributed by atoms with Gasteiger partial charge in [-0.25, -0.2) is 9.18 Å². The first kappa shape index (κ1) is 20.0. The zero-order valence-electron chi connectivity index (χ0n) is 15.6. The van der Waals surface area contributed by atoms with Gasteiger partial charge in [0.1, 0.15) is 11.6 Å². The van der Waals surface area contributed by atoms with Crippen LogP contribution in [0.2, 0.25) is 0 Å². The van der Waals surface area contributed by atoms with E-state index in [1.54, 1.807) is 54.9 Å². The molecule has 1 heterocycles. The Labute approximate surface area is 167 Å². The van der Waals surface area contributed by atoms with E-state index < -0.39 is 23.8 Å². The number of nitrogens with one attached hydrogen (secondary N) is 1. The third-order valence-corrected chi connectivity index (χ3v) is 4.21. The SMILES string of the molecule is CC(Oc1ccccc1-c1cc(F)cc(C(=O)NCc2ccncc2)c1)C(=O)O. The number of carbonyl (C=O) groups excluding carboxylic acids is 1. The van der Waals surface area contributed by atoms with Crippen molar-refractivity contribution in [2.45, 2.75) is 19.6 Å². The molecule has 1 amide bonds. The summed E-state index contributed by atoms with van der Waals surface area (Å²) in [7, 11) is 0. The lowest BCUT2D eigenvalue weighted by molar-refractivity contribution is -0.144. The van der Waals surface area contributed by atoms with Crippen LogP contribution in [0.25, 0.3) is 11.1 Å². The second-order valence-electron chi connectivity index (χ2n) is 6.36. The van der Waals surface area contributed by atoms with Crippen molar-refractivity contribution < 1.29 is 23.8 Å². The van der Waals surface area contributed by atoms with Crippen LogP contribution in [0.15, 0.2) is 67.0 Å². The number of pyridine rings is 1. The fraction of sp³-hybridized carbons (Fsp3) is 0.136. The van der Waals surface area contributed by atoms with Crippen LogP contribution in [0.3, 0.4) is 0 Å². The summed E-state index contributed by atoms with van der Waals surface area (Å²) in [5.41, 5.74) is 1.91. The normalized spacial score (nSPS) is 11.5. The fourth-order valence-corrected chi connectivity index (χ4v) is 2.71. The molecule has 0 bridgehead atoms. The topological polar surface area (TPSA) is 88.5 Å². The molecule has 7 heteroatoms. The first-order chi connectivity index (χ1) is 13.9. The van der Waals surface area contributed by atoms with Gasteiger partial charge in [0.15, 0.2) is 6.10 Å². The number of para-hydroxylation sites is 1. The molecule has 1 aromatic heterocycles. The number of carboxylic acid groups (broad SMARTS) is 1. The number of hydrogen-bond donors (Lipinski definition) is 2. The maximum absolute atomic E-state index is 14.2. The van der Waals surface area contributed by atoms with Gasteiger partial charge >= 0.3 is 5.97 Å². The summed E-state index contributed by atoms with van der Waals surface area (Å²) in [6.45, 7) is 1.69. The van der Waals surface area contributed by atoms with Gasteiger partial charge in [-0.15, -0.1) is 0 Å². The minimum Gasteiger partial charge on any atom is -0.479 e. The van der Waals surface area contributed by atoms with Gasteiger partial charge in [0, 0.05) is 30.1 Å². The molecule has 1 atom stereocenters. The zero-order chi connectivity index (χ0) is 20.8. The number of amides is 1. The Kier molecular flexibility index (Phi) is 6.19. The lowest BCUT2D eigenvalue weighted by atomic mass is 10.0. The number of carboxylic acids is 1. The van der Waals surface area contributed by atoms with Crippen LogP contribution >= 0.6 is 0 Å². The largest absolute Gasteiger partial charge is 0.479 e. The van der Waals surface area contributed by atoms with Crippen LogP contribution in [0.1, 0.15) is 22.8 Å². The number of ether oxygens (including phenoxy) is 1. The van der Waals surface area contributed by atoms with E-state index in [1.807, 2.05) is 0 Å². The average molecular weight is 394 g/mol. The molecule has 0 aliphatic carbocycles. The molecule has 0 saturated heterocycles. The Balaban J connectivity index is 1.86. The molecule has 0 saturated carbocycles. The molecular weight excluding hydrogens is 375 g/mol. The maximum Gasteiger partial charge on any atom is 0.344 e. The van der Waals surface area contributed by atoms with E-state index in [4.69, 9.17) is 9.84 Å². The Morgan fingerprint density at radius 2 is 1.86 bits per heavy atom. The summed E-state index contributed by atoms with van der Waals surface area (Å²) >= 11 is 0. The molecule has 0 aliphatic heterocycles. The minimum atomic E-state index is -1.12. The van der Waals surface area contributed by atoms with Crippen LogP contribution in [-0.4, -0.2) is 28.1 Å². The van der Waals surface area contributed by atoms with E-state index in [1.165, 1.54) is 13.0 Å². The summed E-state index contributed by atoms with van der Waals surface area (Å²) in [4.78, 5) is 27.5. The van der Waals surface area contributed by atoms with Gasteiger partial charge < -0.3 is 15.2 Å². The first-order valence-corrected chi connectivity index (χ1v) is 8.90. The standard InChI is InChI=1S/C22H19FN2O4/c1-14(22(27)28)29-20-5-3-2-4-19(20)16-10-17(12-18(23)11-16)21(26)25-13-15-6-8-24-9-7-15/h2-12,14H,13H2,1H3,(H,25,26)(H,27,28). The van der Waals surface area contributed by atoms with Crippen LogP contribution < -0.4 is 10.1 Å². The number of rotatable bonds is 7. The number of nitrogens with zero attached hydrogens (tertiary/aromatic N) is 1. The molecular formula is C22H19FN2O4. The number of hydrogen-bond acceptors (Lipinski definition) is 4. The second-order valence-corrected chi connectivity index (χ2v) is 6.36. The number of aliphatic carboxylic acids is 1. The summed E-state index contributed by atoms with van der Waals surface area (Å²) < 4.78 is 19.7. The average Bonchev–Trinajstić information content (AvgIpc) is 2.72. The molecule has 3 aromatic rings. The molecule has 6 nitrogen and oxygen atoms in total. The predicted octanol–water partition coefficient (Wildman–Crippen LogP) is 3.67. The van der Waals surface area contributed by atoms with Crippen LogP contribution in [-0.2, 0) is 11.3 Å². The van der Waals surface area contributed by atoms with Crippen molar-refractivity contribution >= 4 is 11.9 Å². The minimum absolute atomic E-state index is 0.148. The third kappa shape index (κ3) is 5.16. The monoisotopic (exact) mass is 394 g/mol. The smallest absolute Gasteiger partial charge is 0.344 e. The molecule has 0 spiro atoms. The number of aromatic nitrogens is 1. The molecule has 0 aliphatic rings. The van der Waals surface area contributed by atoms with E-state index in [9.17, 15) is 14.0 Å². The van der Waals surface area contributed by atoms with Crippen LogP contribution in [0.5, 0.6) is 5.75 Å². The van der Waals surface area contributed by atoms with Crippen molar-refractivity contribution in [2.24, 2.45) is 0 Å². The van der Waals surface area contributed by atoms with Gasteiger partial charge in [0.05, 0.1) is 0 Å². The highest BCUT2D eigenvalue weighted by molar-refractivity contribution is 5.95. The summed E-state index contributed by atoms with van der Waals surface area (Å²) in [6, 6.07) is 14.2. The highest BCUT2D eigenvalue weighted by Gasteiger charge is 2.17. The van der Waals surface area contributed by atoms with Crippen LogP contribution in [0.4, 0.5) is 4.39 Å². The second kappa shape index (κ2) is 8.97. The third-order valence-electron chi connectivity index (χ3n) is 4.21. The molecule has 2 aromatic carbocycles. The van der Waals surface area contributed by atoms with Crippen LogP contribution in [0, 0.1) is 5.82 Å². The number of halogens is 1. The molecule has 0 radical (unpaired) electrons. The highest BCUT2D eigenvalue weighted by Crippen LogP contribution is 2.31. The van der Waals surface area contributed by atoms with E-state index in [0.29, 0.717) is 11.1 Å². The molecule has 29 heavy (non-hydrogen) atoms. The van der Waals surface area contributed by atoms with E-state index >= 15 is 0 Å². The van der Waals surface area contributed by atoms with Crippen molar-refractivity contribution in [1.29, 1.82) is 0 Å². The van der Waals surface area contributed by atoms with Crippen molar-refractivity contribution in [3.63, 3.8) is 0 Å². The van der Waals surface area contributed by atoms with Gasteiger partial charge in [-0.2, -0.15) is 0 Å². The van der Waals surface area contributed by atoms with E-state index in [-0.39, 0.29) is 17.9 Å². The number of benzene rings is 2. The summed E-state index contributed by atoms with van der Waals surface area (Å²) in [5.74, 6) is -1.84. The highest BCUT2D eigenvalue weighted by atomic mass is 19.1. The lowest BCUT2D eigenvalue weighted by Crippen LogP contribution is -2.23. The van der Waals surface area contributed by atoms with Crippen molar-refractivity contribution in [2.75, 3.05) is 0 Å².